The molecule has 0 unspecified atom stereocenters. The Bertz CT molecular complexity index is 605. The third kappa shape index (κ3) is 7.93. The molecular weight excluding hydrogens is 378 g/mol. The summed E-state index contributed by atoms with van der Waals surface area (Å²) in [6.07, 6.45) is 7.67. The van der Waals surface area contributed by atoms with Crippen molar-refractivity contribution in [3.8, 4) is 0 Å². The van der Waals surface area contributed by atoms with Crippen molar-refractivity contribution in [3.05, 3.63) is 24.2 Å². The van der Waals surface area contributed by atoms with Gasteiger partial charge in [-0.05, 0) is 64.9 Å². The largest absolute Gasteiger partial charge is 0.469 e. The number of hydrogen-bond donors (Lipinski definition) is 2. The van der Waals surface area contributed by atoms with E-state index in [-0.39, 0.29) is 5.54 Å². The van der Waals surface area contributed by atoms with Crippen LogP contribution >= 0.6 is 0 Å². The van der Waals surface area contributed by atoms with Crippen LogP contribution in [0.15, 0.2) is 27.8 Å². The lowest BCUT2D eigenvalue weighted by Crippen LogP contribution is -2.49. The molecule has 0 atom stereocenters. The van der Waals surface area contributed by atoms with E-state index in [0.717, 1.165) is 77.0 Å². The fourth-order valence-electron chi connectivity index (χ4n) is 4.14. The lowest BCUT2D eigenvalue weighted by Gasteiger charge is -2.40. The summed E-state index contributed by atoms with van der Waals surface area (Å²) in [5.74, 6) is 1.91. The van der Waals surface area contributed by atoms with E-state index in [1.807, 2.05) is 12.1 Å². The van der Waals surface area contributed by atoms with Gasteiger partial charge in [-0.1, -0.05) is 6.42 Å². The minimum absolute atomic E-state index is 0.0871. The molecule has 30 heavy (non-hydrogen) atoms. The Morgan fingerprint density at radius 2 is 1.83 bits per heavy atom. The molecule has 0 bridgehead atoms. The van der Waals surface area contributed by atoms with Crippen molar-refractivity contribution in [3.63, 3.8) is 0 Å². The van der Waals surface area contributed by atoms with Gasteiger partial charge in [-0.3, -0.25) is 14.8 Å². The summed E-state index contributed by atoms with van der Waals surface area (Å²) in [6, 6.07) is 3.96. The highest BCUT2D eigenvalue weighted by Crippen LogP contribution is 2.20. The highest BCUT2D eigenvalue weighted by atomic mass is 16.5. The average molecular weight is 420 g/mol. The van der Waals surface area contributed by atoms with Crippen LogP contribution in [-0.2, 0) is 11.2 Å². The molecule has 3 rings (SSSR count). The van der Waals surface area contributed by atoms with E-state index < -0.39 is 0 Å². The molecule has 0 amide bonds. The minimum atomic E-state index is 0.0871. The van der Waals surface area contributed by atoms with Gasteiger partial charge in [0.05, 0.1) is 26.0 Å². The highest BCUT2D eigenvalue weighted by Gasteiger charge is 2.27. The third-order valence-electron chi connectivity index (χ3n) is 6.13. The molecule has 2 aliphatic rings. The van der Waals surface area contributed by atoms with E-state index in [2.05, 4.69) is 34.3 Å². The van der Waals surface area contributed by atoms with E-state index in [4.69, 9.17) is 14.1 Å². The molecule has 2 aliphatic heterocycles. The van der Waals surface area contributed by atoms with Gasteiger partial charge >= 0.3 is 0 Å². The van der Waals surface area contributed by atoms with Gasteiger partial charge in [0.2, 0.25) is 0 Å². The molecule has 1 aromatic heterocycles. The highest BCUT2D eigenvalue weighted by molar-refractivity contribution is 5.79. The van der Waals surface area contributed by atoms with Crippen LogP contribution in [0.5, 0.6) is 0 Å². The molecule has 0 aromatic carbocycles. The molecule has 1 aromatic rings. The van der Waals surface area contributed by atoms with Crippen LogP contribution in [0, 0.1) is 0 Å². The number of ether oxygens (including phenoxy) is 1. The predicted octanol–water partition coefficient (Wildman–Crippen LogP) is 2.34. The molecule has 3 heterocycles. The summed E-state index contributed by atoms with van der Waals surface area (Å²) in [7, 11) is 0. The molecule has 0 saturated carbocycles. The van der Waals surface area contributed by atoms with Crippen LogP contribution in [0.1, 0.15) is 45.3 Å². The van der Waals surface area contributed by atoms with Gasteiger partial charge in [0.1, 0.15) is 5.76 Å². The molecule has 2 saturated heterocycles. The fourth-order valence-corrected chi connectivity index (χ4v) is 4.14. The van der Waals surface area contributed by atoms with Crippen molar-refractivity contribution in [2.45, 2.75) is 51.5 Å². The Hall–Kier alpha value is -1.57. The van der Waals surface area contributed by atoms with Crippen molar-refractivity contribution >= 4 is 5.96 Å². The summed E-state index contributed by atoms with van der Waals surface area (Å²) in [5.41, 5.74) is 0.0871. The van der Waals surface area contributed by atoms with Crippen molar-refractivity contribution in [2.24, 2.45) is 4.99 Å². The number of guanidine groups is 1. The Morgan fingerprint density at radius 3 is 2.57 bits per heavy atom. The second-order valence-electron chi connectivity index (χ2n) is 9.02. The monoisotopic (exact) mass is 419 g/mol. The third-order valence-corrected chi connectivity index (χ3v) is 6.13. The number of likely N-dealkylation sites (tertiary alicyclic amines) is 1. The van der Waals surface area contributed by atoms with Gasteiger partial charge < -0.3 is 19.8 Å². The van der Waals surface area contributed by atoms with Gasteiger partial charge in [0.15, 0.2) is 5.96 Å². The summed E-state index contributed by atoms with van der Waals surface area (Å²) in [4.78, 5) is 10.0. The Morgan fingerprint density at radius 1 is 1.07 bits per heavy atom. The summed E-state index contributed by atoms with van der Waals surface area (Å²) in [5, 5.41) is 7.05. The van der Waals surface area contributed by atoms with E-state index in [1.165, 1.54) is 32.4 Å². The second-order valence-corrected chi connectivity index (χ2v) is 9.02. The molecule has 2 N–H and O–H groups in total. The fraction of sp³-hybridized carbons (Fsp3) is 0.783. The zero-order valence-corrected chi connectivity index (χ0v) is 19.0. The van der Waals surface area contributed by atoms with Crippen LogP contribution < -0.4 is 10.6 Å². The summed E-state index contributed by atoms with van der Waals surface area (Å²) < 4.78 is 10.9. The number of rotatable bonds is 10. The maximum atomic E-state index is 5.45. The van der Waals surface area contributed by atoms with E-state index in [9.17, 15) is 0 Å². The number of nitrogens with one attached hydrogen (secondary N) is 2. The molecule has 2 fully saturated rings. The predicted molar refractivity (Wildman–Crippen MR) is 122 cm³/mol. The molecule has 0 radical (unpaired) electrons. The number of hydrogen-bond acceptors (Lipinski definition) is 5. The number of piperidine rings is 1. The zero-order chi connectivity index (χ0) is 21.1. The molecule has 0 spiro atoms. The van der Waals surface area contributed by atoms with Gasteiger partial charge in [-0.25, -0.2) is 0 Å². The van der Waals surface area contributed by atoms with Crippen molar-refractivity contribution in [1.82, 2.24) is 20.4 Å². The van der Waals surface area contributed by atoms with E-state index >= 15 is 0 Å². The first kappa shape index (κ1) is 23.1. The maximum Gasteiger partial charge on any atom is 0.191 e. The number of aliphatic imine (C=N–C) groups is 1. The molecule has 7 heteroatoms. The number of nitrogens with zero attached hydrogens (tertiary/aromatic N) is 3. The lowest BCUT2D eigenvalue weighted by molar-refractivity contribution is 0.0376. The number of morpholine rings is 1. The van der Waals surface area contributed by atoms with Crippen LogP contribution in [-0.4, -0.2) is 86.9 Å². The topological polar surface area (TPSA) is 65.3 Å². The Labute approximate surface area is 182 Å². The molecule has 170 valence electrons. The lowest BCUT2D eigenvalue weighted by atomic mass is 9.99. The van der Waals surface area contributed by atoms with Crippen LogP contribution in [0.4, 0.5) is 0 Å². The average Bonchev–Trinajstić information content (AvgIpc) is 3.29. The van der Waals surface area contributed by atoms with Crippen molar-refractivity contribution in [1.29, 1.82) is 0 Å². The van der Waals surface area contributed by atoms with Crippen molar-refractivity contribution < 1.29 is 9.15 Å². The second kappa shape index (κ2) is 12.3. The first-order valence-corrected chi connectivity index (χ1v) is 11.7. The van der Waals surface area contributed by atoms with Crippen LogP contribution in [0.3, 0.4) is 0 Å². The maximum absolute atomic E-state index is 5.45. The molecular formula is C23H41N5O2. The standard InChI is InChI=1S/C23H41N5O2/c1-23(2,28-13-4-3-5-14-28)20-26-22(25-11-9-21-8-6-17-30-21)24-10-7-12-27-15-18-29-19-16-27/h6,8,17H,3-5,7,9-16,18-20H2,1-2H3,(H2,24,25,26). The Kier molecular flexibility index (Phi) is 9.49. The molecule has 0 aliphatic carbocycles. The molecule has 7 nitrogen and oxygen atoms in total. The van der Waals surface area contributed by atoms with Crippen molar-refractivity contribution in [2.75, 3.05) is 65.6 Å². The van der Waals surface area contributed by atoms with Gasteiger partial charge in [0.25, 0.3) is 0 Å². The summed E-state index contributed by atoms with van der Waals surface area (Å²) >= 11 is 0. The first-order valence-electron chi connectivity index (χ1n) is 11.7. The van der Waals surface area contributed by atoms with Gasteiger partial charge in [-0.15, -0.1) is 0 Å². The number of furan rings is 1. The quantitative estimate of drug-likeness (QED) is 0.345. The van der Waals surface area contributed by atoms with Crippen LogP contribution in [0.25, 0.3) is 0 Å². The SMILES string of the molecule is CC(C)(CN=C(NCCCN1CCOCC1)NCCc1ccco1)N1CCCCC1. The van der Waals surface area contributed by atoms with Crippen LogP contribution in [0.2, 0.25) is 0 Å². The normalized spacial score (nSPS) is 19.7. The zero-order valence-electron chi connectivity index (χ0n) is 19.0. The first-order chi connectivity index (χ1) is 14.6. The minimum Gasteiger partial charge on any atom is -0.469 e. The smallest absolute Gasteiger partial charge is 0.191 e. The van der Waals surface area contributed by atoms with Gasteiger partial charge in [-0.2, -0.15) is 0 Å². The Balaban J connectivity index is 1.47. The summed E-state index contributed by atoms with van der Waals surface area (Å²) in [6.45, 7) is 14.5. The van der Waals surface area contributed by atoms with Gasteiger partial charge in [0, 0.05) is 38.1 Å². The van der Waals surface area contributed by atoms with E-state index in [0.29, 0.717) is 0 Å². The van der Waals surface area contributed by atoms with E-state index in [1.54, 1.807) is 6.26 Å².